The molecule has 0 N–H and O–H groups in total. The third kappa shape index (κ3) is 3.68. The standard InChI is InChI=1S/C19H26FNO/c1-2-14-6-8-17(9-7-14)21(18-10-11-18)19(22)13-15-4-3-5-16(20)12-15/h3-5,12,14,17-18H,2,6-11,13H2,1H3. The van der Waals surface area contributed by atoms with Crippen LogP contribution in [0.4, 0.5) is 4.39 Å². The van der Waals surface area contributed by atoms with Gasteiger partial charge in [-0.3, -0.25) is 4.79 Å². The Kier molecular flexibility index (Phi) is 4.80. The van der Waals surface area contributed by atoms with Crippen molar-refractivity contribution in [3.63, 3.8) is 0 Å². The zero-order valence-electron chi connectivity index (χ0n) is 13.4. The van der Waals surface area contributed by atoms with E-state index in [0.29, 0.717) is 18.5 Å². The number of amides is 1. The minimum Gasteiger partial charge on any atom is -0.336 e. The average molecular weight is 303 g/mol. The van der Waals surface area contributed by atoms with Crippen LogP contribution in [-0.4, -0.2) is 22.9 Å². The molecule has 0 radical (unpaired) electrons. The molecule has 0 aromatic heterocycles. The summed E-state index contributed by atoms with van der Waals surface area (Å²) in [5, 5.41) is 0. The van der Waals surface area contributed by atoms with Crippen molar-refractivity contribution < 1.29 is 9.18 Å². The number of carbonyl (C=O) groups is 1. The lowest BCUT2D eigenvalue weighted by atomic mass is 9.83. The van der Waals surface area contributed by atoms with Crippen molar-refractivity contribution >= 4 is 5.91 Å². The van der Waals surface area contributed by atoms with Crippen LogP contribution in [0.3, 0.4) is 0 Å². The molecule has 0 saturated heterocycles. The first-order valence-corrected chi connectivity index (χ1v) is 8.73. The van der Waals surface area contributed by atoms with E-state index in [1.807, 2.05) is 6.07 Å². The van der Waals surface area contributed by atoms with E-state index >= 15 is 0 Å². The molecule has 0 heterocycles. The molecule has 3 heteroatoms. The highest BCUT2D eigenvalue weighted by atomic mass is 19.1. The third-order valence-corrected chi connectivity index (χ3v) is 5.26. The Hall–Kier alpha value is -1.38. The quantitative estimate of drug-likeness (QED) is 0.793. The number of benzene rings is 1. The number of nitrogens with zero attached hydrogens (tertiary/aromatic N) is 1. The molecule has 0 unspecified atom stereocenters. The highest BCUT2D eigenvalue weighted by Crippen LogP contribution is 2.36. The number of hydrogen-bond donors (Lipinski definition) is 0. The van der Waals surface area contributed by atoms with Gasteiger partial charge in [0, 0.05) is 12.1 Å². The summed E-state index contributed by atoms with van der Waals surface area (Å²) >= 11 is 0. The molecular formula is C19H26FNO. The lowest BCUT2D eigenvalue weighted by Gasteiger charge is -2.37. The van der Waals surface area contributed by atoms with Crippen LogP contribution in [-0.2, 0) is 11.2 Å². The van der Waals surface area contributed by atoms with Crippen LogP contribution in [0.1, 0.15) is 57.4 Å². The molecule has 2 nitrogen and oxygen atoms in total. The molecule has 1 aromatic carbocycles. The van der Waals surface area contributed by atoms with E-state index < -0.39 is 0 Å². The molecule has 0 atom stereocenters. The Bertz CT molecular complexity index is 518. The summed E-state index contributed by atoms with van der Waals surface area (Å²) in [7, 11) is 0. The maximum Gasteiger partial charge on any atom is 0.227 e. The fourth-order valence-electron chi connectivity index (χ4n) is 3.80. The monoisotopic (exact) mass is 303 g/mol. The van der Waals surface area contributed by atoms with Gasteiger partial charge in [0.1, 0.15) is 5.82 Å². The molecule has 2 aliphatic carbocycles. The van der Waals surface area contributed by atoms with E-state index in [9.17, 15) is 9.18 Å². The fraction of sp³-hybridized carbons (Fsp3) is 0.632. The van der Waals surface area contributed by atoms with Crippen LogP contribution in [0.5, 0.6) is 0 Å². The van der Waals surface area contributed by atoms with Crippen LogP contribution < -0.4 is 0 Å². The Labute approximate surface area is 132 Å². The highest BCUT2D eigenvalue weighted by Gasteiger charge is 2.38. The summed E-state index contributed by atoms with van der Waals surface area (Å²) in [5.74, 6) is 0.774. The molecule has 0 bridgehead atoms. The van der Waals surface area contributed by atoms with E-state index in [0.717, 1.165) is 37.2 Å². The normalized spacial score (nSPS) is 25.0. The molecule has 0 aliphatic heterocycles. The second-order valence-electron chi connectivity index (χ2n) is 6.92. The van der Waals surface area contributed by atoms with E-state index in [4.69, 9.17) is 0 Å². The van der Waals surface area contributed by atoms with Crippen molar-refractivity contribution in [2.45, 2.75) is 70.4 Å². The topological polar surface area (TPSA) is 20.3 Å². The lowest BCUT2D eigenvalue weighted by molar-refractivity contribution is -0.134. The molecule has 22 heavy (non-hydrogen) atoms. The molecule has 3 rings (SSSR count). The average Bonchev–Trinajstić information content (AvgIpc) is 3.33. The molecule has 2 fully saturated rings. The summed E-state index contributed by atoms with van der Waals surface area (Å²) in [4.78, 5) is 14.9. The summed E-state index contributed by atoms with van der Waals surface area (Å²) in [6.45, 7) is 2.26. The van der Waals surface area contributed by atoms with Crippen LogP contribution in [0.25, 0.3) is 0 Å². The van der Waals surface area contributed by atoms with E-state index in [1.165, 1.54) is 31.4 Å². The first-order valence-electron chi connectivity index (χ1n) is 8.73. The number of halogens is 1. The van der Waals surface area contributed by atoms with Gasteiger partial charge < -0.3 is 4.90 Å². The molecule has 2 saturated carbocycles. The maximum atomic E-state index is 13.3. The zero-order valence-corrected chi connectivity index (χ0v) is 13.4. The van der Waals surface area contributed by atoms with Gasteiger partial charge in [0.25, 0.3) is 0 Å². The Morgan fingerprint density at radius 3 is 2.32 bits per heavy atom. The van der Waals surface area contributed by atoms with Crippen LogP contribution in [0.2, 0.25) is 0 Å². The van der Waals surface area contributed by atoms with Gasteiger partial charge in [0.15, 0.2) is 0 Å². The molecule has 2 aliphatic rings. The molecule has 1 amide bonds. The number of rotatable bonds is 5. The minimum absolute atomic E-state index is 0.188. The first-order chi connectivity index (χ1) is 10.7. The van der Waals surface area contributed by atoms with Gasteiger partial charge in [0.05, 0.1) is 6.42 Å². The van der Waals surface area contributed by atoms with Gasteiger partial charge >= 0.3 is 0 Å². The molecule has 120 valence electrons. The Balaban J connectivity index is 1.65. The SMILES string of the molecule is CCC1CCC(N(C(=O)Cc2cccc(F)c2)C2CC2)CC1. The van der Waals surface area contributed by atoms with Gasteiger partial charge in [0.2, 0.25) is 5.91 Å². The predicted molar refractivity (Wildman–Crippen MR) is 86.0 cm³/mol. The third-order valence-electron chi connectivity index (χ3n) is 5.26. The van der Waals surface area contributed by atoms with Crippen molar-refractivity contribution in [3.05, 3.63) is 35.6 Å². The van der Waals surface area contributed by atoms with Crippen LogP contribution >= 0.6 is 0 Å². The number of carbonyl (C=O) groups excluding carboxylic acids is 1. The highest BCUT2D eigenvalue weighted by molar-refractivity contribution is 5.79. The van der Waals surface area contributed by atoms with Crippen molar-refractivity contribution in [3.8, 4) is 0 Å². The summed E-state index contributed by atoms with van der Waals surface area (Å²) < 4.78 is 13.3. The largest absolute Gasteiger partial charge is 0.336 e. The zero-order chi connectivity index (χ0) is 15.5. The summed E-state index contributed by atoms with van der Waals surface area (Å²) in [5.41, 5.74) is 0.790. The van der Waals surface area contributed by atoms with Gasteiger partial charge in [-0.2, -0.15) is 0 Å². The van der Waals surface area contributed by atoms with Gasteiger partial charge in [-0.1, -0.05) is 25.5 Å². The van der Waals surface area contributed by atoms with Crippen molar-refractivity contribution in [1.82, 2.24) is 4.90 Å². The molecule has 1 aromatic rings. The van der Waals surface area contributed by atoms with Crippen molar-refractivity contribution in [2.75, 3.05) is 0 Å². The smallest absolute Gasteiger partial charge is 0.227 e. The van der Waals surface area contributed by atoms with Crippen LogP contribution in [0, 0.1) is 11.7 Å². The maximum absolute atomic E-state index is 13.3. The first kappa shape index (κ1) is 15.5. The van der Waals surface area contributed by atoms with Crippen molar-refractivity contribution in [1.29, 1.82) is 0 Å². The van der Waals surface area contributed by atoms with E-state index in [-0.39, 0.29) is 11.7 Å². The molecule has 0 spiro atoms. The van der Waals surface area contributed by atoms with E-state index in [2.05, 4.69) is 11.8 Å². The Morgan fingerprint density at radius 1 is 1.14 bits per heavy atom. The number of hydrogen-bond acceptors (Lipinski definition) is 1. The minimum atomic E-state index is -0.258. The predicted octanol–water partition coefficient (Wildman–Crippen LogP) is 4.33. The van der Waals surface area contributed by atoms with E-state index in [1.54, 1.807) is 6.07 Å². The van der Waals surface area contributed by atoms with Gasteiger partial charge in [-0.25, -0.2) is 4.39 Å². The lowest BCUT2D eigenvalue weighted by Crippen LogP contribution is -2.44. The fourth-order valence-corrected chi connectivity index (χ4v) is 3.80. The summed E-state index contributed by atoms with van der Waals surface area (Å²) in [6.07, 6.45) is 8.66. The summed E-state index contributed by atoms with van der Waals surface area (Å²) in [6, 6.07) is 7.31. The van der Waals surface area contributed by atoms with Crippen LogP contribution in [0.15, 0.2) is 24.3 Å². The second kappa shape index (κ2) is 6.80. The van der Waals surface area contributed by atoms with Crippen molar-refractivity contribution in [2.24, 2.45) is 5.92 Å². The molecular weight excluding hydrogens is 277 g/mol. The Morgan fingerprint density at radius 2 is 1.77 bits per heavy atom. The second-order valence-corrected chi connectivity index (χ2v) is 6.92. The van der Waals surface area contributed by atoms with Gasteiger partial charge in [-0.15, -0.1) is 0 Å². The van der Waals surface area contributed by atoms with Gasteiger partial charge in [-0.05, 0) is 62.1 Å².